The number of hydrogen-bond acceptors (Lipinski definition) is 4. The van der Waals surface area contributed by atoms with Crippen LogP contribution < -0.4 is 9.80 Å². The van der Waals surface area contributed by atoms with Gasteiger partial charge in [0.05, 0.1) is 35.0 Å². The van der Waals surface area contributed by atoms with E-state index in [9.17, 15) is 19.2 Å². The van der Waals surface area contributed by atoms with Gasteiger partial charge in [-0.05, 0) is 86.5 Å². The molecule has 154 valence electrons. The lowest BCUT2D eigenvalue weighted by molar-refractivity contribution is -0.124. The first-order valence-electron chi connectivity index (χ1n) is 11.4. The topological polar surface area (TPSA) is 74.8 Å². The van der Waals surface area contributed by atoms with Gasteiger partial charge in [-0.3, -0.25) is 29.0 Å². The largest absolute Gasteiger partial charge is 0.274 e. The number of rotatable bonds is 2. The van der Waals surface area contributed by atoms with Gasteiger partial charge in [0.1, 0.15) is 0 Å². The summed E-state index contributed by atoms with van der Waals surface area (Å²) in [6.07, 6.45) is 6.26. The van der Waals surface area contributed by atoms with Crippen LogP contribution in [0.5, 0.6) is 0 Å². The van der Waals surface area contributed by atoms with E-state index in [0.29, 0.717) is 35.0 Å². The van der Waals surface area contributed by atoms with E-state index in [1.807, 2.05) is 0 Å². The summed E-state index contributed by atoms with van der Waals surface area (Å²) in [6.45, 7) is 0. The Labute approximate surface area is 174 Å². The van der Waals surface area contributed by atoms with Crippen LogP contribution >= 0.6 is 0 Å². The molecule has 0 spiro atoms. The Bertz CT molecular complexity index is 880. The van der Waals surface area contributed by atoms with Crippen molar-refractivity contribution in [2.24, 2.45) is 47.3 Å². The number of hydrogen-bond donors (Lipinski definition) is 0. The molecule has 30 heavy (non-hydrogen) atoms. The smallest absolute Gasteiger partial charge is 0.237 e. The van der Waals surface area contributed by atoms with Gasteiger partial charge in [0.15, 0.2) is 0 Å². The second kappa shape index (κ2) is 5.59. The molecule has 6 heteroatoms. The molecule has 6 aliphatic rings. The van der Waals surface area contributed by atoms with E-state index in [0.717, 1.165) is 38.5 Å². The van der Waals surface area contributed by atoms with Gasteiger partial charge in [0.25, 0.3) is 0 Å². The van der Waals surface area contributed by atoms with Crippen LogP contribution in [0.4, 0.5) is 11.4 Å². The van der Waals surface area contributed by atoms with Crippen molar-refractivity contribution in [1.82, 2.24) is 0 Å². The zero-order valence-electron chi connectivity index (χ0n) is 16.7. The molecular weight excluding hydrogens is 380 g/mol. The second-order valence-electron chi connectivity index (χ2n) is 10.3. The predicted molar refractivity (Wildman–Crippen MR) is 107 cm³/mol. The van der Waals surface area contributed by atoms with Crippen LogP contribution in [0.2, 0.25) is 0 Å². The molecule has 6 fully saturated rings. The average Bonchev–Trinajstić information content (AvgIpc) is 3.56. The number of carbonyl (C=O) groups is 4. The van der Waals surface area contributed by atoms with Crippen LogP contribution in [-0.4, -0.2) is 23.6 Å². The molecule has 4 saturated carbocycles. The van der Waals surface area contributed by atoms with E-state index in [1.165, 1.54) is 9.80 Å². The summed E-state index contributed by atoms with van der Waals surface area (Å²) in [4.78, 5) is 54.8. The molecule has 8 atom stereocenters. The summed E-state index contributed by atoms with van der Waals surface area (Å²) in [5.41, 5.74) is 1.11. The Hall–Kier alpha value is -2.50. The minimum atomic E-state index is -0.146. The molecule has 1 aromatic carbocycles. The zero-order chi connectivity index (χ0) is 20.3. The Balaban J connectivity index is 1.18. The third-order valence-electron chi connectivity index (χ3n) is 9.22. The standard InChI is InChI=1S/C24H24N2O4/c27-21-17-11-1-2-12(9-11)18(17)22(28)25(21)15-5-7-16(8-6-15)26-23(29)19-13-3-4-14(10-13)20(19)24(26)30/h5-8,11-14,17-20H,1-4,9-10H2. The van der Waals surface area contributed by atoms with Crippen LogP contribution in [-0.2, 0) is 19.2 Å². The van der Waals surface area contributed by atoms with Crippen molar-refractivity contribution in [2.45, 2.75) is 38.5 Å². The lowest BCUT2D eigenvalue weighted by atomic mass is 9.81. The number of imide groups is 2. The summed E-state index contributed by atoms with van der Waals surface area (Å²) >= 11 is 0. The highest BCUT2D eigenvalue weighted by molar-refractivity contribution is 6.24. The summed E-state index contributed by atoms with van der Waals surface area (Å²) < 4.78 is 0. The van der Waals surface area contributed by atoms with E-state index < -0.39 is 0 Å². The molecule has 4 aliphatic carbocycles. The Morgan fingerprint density at radius 3 is 1.03 bits per heavy atom. The molecule has 2 saturated heterocycles. The lowest BCUT2D eigenvalue weighted by Crippen LogP contribution is -2.34. The Morgan fingerprint density at radius 1 is 0.500 bits per heavy atom. The number of fused-ring (bicyclic) bond motifs is 10. The average molecular weight is 404 g/mol. The van der Waals surface area contributed by atoms with Crippen molar-refractivity contribution in [3.05, 3.63) is 24.3 Å². The Morgan fingerprint density at radius 2 is 0.767 bits per heavy atom. The first-order valence-corrected chi connectivity index (χ1v) is 11.4. The van der Waals surface area contributed by atoms with Crippen molar-refractivity contribution in [3.8, 4) is 0 Å². The van der Waals surface area contributed by atoms with Gasteiger partial charge in [0, 0.05) is 0 Å². The highest BCUT2D eigenvalue weighted by Gasteiger charge is 2.62. The van der Waals surface area contributed by atoms with Crippen LogP contribution in [0.15, 0.2) is 24.3 Å². The number of carbonyl (C=O) groups excluding carboxylic acids is 4. The fraction of sp³-hybridized carbons (Fsp3) is 0.583. The second-order valence-corrected chi connectivity index (χ2v) is 10.3. The maximum atomic E-state index is 13.0. The molecule has 4 bridgehead atoms. The number of anilines is 2. The van der Waals surface area contributed by atoms with Gasteiger partial charge in [-0.25, -0.2) is 0 Å². The third kappa shape index (κ3) is 1.91. The van der Waals surface area contributed by atoms with Crippen LogP contribution in [0.25, 0.3) is 0 Å². The van der Waals surface area contributed by atoms with Gasteiger partial charge >= 0.3 is 0 Å². The van der Waals surface area contributed by atoms with Gasteiger partial charge in [-0.2, -0.15) is 0 Å². The van der Waals surface area contributed by atoms with Crippen molar-refractivity contribution in [2.75, 3.05) is 9.80 Å². The maximum Gasteiger partial charge on any atom is 0.237 e. The first-order chi connectivity index (χ1) is 14.5. The molecule has 2 aliphatic heterocycles. The lowest BCUT2D eigenvalue weighted by Gasteiger charge is -2.20. The predicted octanol–water partition coefficient (Wildman–Crippen LogP) is 2.76. The van der Waals surface area contributed by atoms with Crippen molar-refractivity contribution in [1.29, 1.82) is 0 Å². The molecule has 2 heterocycles. The molecule has 1 aromatic rings. The van der Waals surface area contributed by atoms with E-state index in [1.54, 1.807) is 24.3 Å². The molecule has 0 N–H and O–H groups in total. The van der Waals surface area contributed by atoms with E-state index in [2.05, 4.69) is 0 Å². The highest BCUT2D eigenvalue weighted by atomic mass is 16.2. The van der Waals surface area contributed by atoms with Crippen molar-refractivity contribution in [3.63, 3.8) is 0 Å². The number of amides is 4. The fourth-order valence-corrected chi connectivity index (χ4v) is 8.08. The SMILES string of the molecule is O=C1C2C3CCC(C3)C2C(=O)N1c1ccc(N2C(=O)C3C4CCC(C4)C3C2=O)cc1. The van der Waals surface area contributed by atoms with Crippen molar-refractivity contribution >= 4 is 35.0 Å². The van der Waals surface area contributed by atoms with E-state index in [-0.39, 0.29) is 47.3 Å². The minimum Gasteiger partial charge on any atom is -0.274 e. The third-order valence-corrected chi connectivity index (χ3v) is 9.22. The van der Waals surface area contributed by atoms with Gasteiger partial charge in [-0.15, -0.1) is 0 Å². The van der Waals surface area contributed by atoms with Gasteiger partial charge < -0.3 is 0 Å². The maximum absolute atomic E-state index is 13.0. The summed E-state index contributed by atoms with van der Waals surface area (Å²) in [6, 6.07) is 6.88. The van der Waals surface area contributed by atoms with Crippen LogP contribution in [0, 0.1) is 47.3 Å². The monoisotopic (exact) mass is 404 g/mol. The molecule has 8 unspecified atom stereocenters. The van der Waals surface area contributed by atoms with Gasteiger partial charge in [0.2, 0.25) is 23.6 Å². The Kier molecular flexibility index (Phi) is 3.21. The molecule has 4 amide bonds. The molecule has 7 rings (SSSR count). The molecular formula is C24H24N2O4. The number of nitrogens with zero attached hydrogens (tertiary/aromatic N) is 2. The first kappa shape index (κ1) is 17.2. The number of benzene rings is 1. The zero-order valence-corrected chi connectivity index (χ0v) is 16.7. The molecule has 0 aromatic heterocycles. The normalized spacial score (nSPS) is 43.3. The van der Waals surface area contributed by atoms with Crippen molar-refractivity contribution < 1.29 is 19.2 Å². The minimum absolute atomic E-state index is 0.0654. The fourth-order valence-electron chi connectivity index (χ4n) is 8.08. The summed E-state index contributed by atoms with van der Waals surface area (Å²) in [7, 11) is 0. The van der Waals surface area contributed by atoms with E-state index in [4.69, 9.17) is 0 Å². The van der Waals surface area contributed by atoms with E-state index >= 15 is 0 Å². The highest BCUT2D eigenvalue weighted by Crippen LogP contribution is 2.58. The molecule has 0 radical (unpaired) electrons. The quantitative estimate of drug-likeness (QED) is 0.711. The van der Waals surface area contributed by atoms with Crippen LogP contribution in [0.3, 0.4) is 0 Å². The summed E-state index contributed by atoms with van der Waals surface area (Å²) in [5.74, 6) is 0.582. The summed E-state index contributed by atoms with van der Waals surface area (Å²) in [5, 5.41) is 0. The van der Waals surface area contributed by atoms with Gasteiger partial charge in [-0.1, -0.05) is 0 Å². The van der Waals surface area contributed by atoms with Crippen LogP contribution in [0.1, 0.15) is 38.5 Å². The molecule has 6 nitrogen and oxygen atoms in total.